The molecule has 2 aliphatic rings. The molecule has 3 heterocycles. The molecule has 1 spiro atoms. The summed E-state index contributed by atoms with van der Waals surface area (Å²) in [6.45, 7) is 4.02. The molecular formula is C20H24N2O3. The van der Waals surface area contributed by atoms with Gasteiger partial charge in [-0.05, 0) is 30.5 Å². The summed E-state index contributed by atoms with van der Waals surface area (Å²) in [5, 5.41) is 2.90. The van der Waals surface area contributed by atoms with E-state index in [0.29, 0.717) is 19.6 Å². The number of ether oxygens (including phenoxy) is 1. The molecule has 0 atom stereocenters. The molecule has 2 aliphatic heterocycles. The first-order chi connectivity index (χ1) is 12.2. The van der Waals surface area contributed by atoms with Gasteiger partial charge in [-0.3, -0.25) is 9.69 Å². The smallest absolute Gasteiger partial charge is 0.222 e. The quantitative estimate of drug-likeness (QED) is 0.933. The number of rotatable bonds is 3. The summed E-state index contributed by atoms with van der Waals surface area (Å²) >= 11 is 0. The lowest BCUT2D eigenvalue weighted by Gasteiger charge is -2.40. The number of benzene rings is 1. The molecule has 0 unspecified atom stereocenters. The minimum Gasteiger partial charge on any atom is -0.464 e. The first kappa shape index (κ1) is 16.4. The third-order valence-corrected chi connectivity index (χ3v) is 5.28. The molecule has 1 amide bonds. The van der Waals surface area contributed by atoms with E-state index >= 15 is 0 Å². The SMILES string of the molecule is O=C1CC2(CCN(Cc3ccccc3-c3ccco3)CC2)OCCN1. The number of nitrogens with zero attached hydrogens (tertiary/aromatic N) is 1. The maximum absolute atomic E-state index is 11.9. The summed E-state index contributed by atoms with van der Waals surface area (Å²) < 4.78 is 11.6. The highest BCUT2D eigenvalue weighted by Crippen LogP contribution is 2.32. The van der Waals surface area contributed by atoms with Crippen LogP contribution in [-0.2, 0) is 16.1 Å². The number of nitrogens with one attached hydrogen (secondary N) is 1. The standard InChI is InChI=1S/C20H24N2O3/c23-19-14-20(25-13-9-21-19)7-10-22(11-8-20)15-16-4-1-2-5-17(16)18-6-3-12-24-18/h1-6,12H,7-11,13-15H2,(H,21,23). The number of carbonyl (C=O) groups is 1. The van der Waals surface area contributed by atoms with Gasteiger partial charge in [-0.2, -0.15) is 0 Å². The Morgan fingerprint density at radius 1 is 1.12 bits per heavy atom. The van der Waals surface area contributed by atoms with E-state index in [0.717, 1.165) is 43.8 Å². The van der Waals surface area contributed by atoms with Crippen LogP contribution in [0.2, 0.25) is 0 Å². The number of hydrogen-bond acceptors (Lipinski definition) is 4. The van der Waals surface area contributed by atoms with Gasteiger partial charge in [-0.1, -0.05) is 24.3 Å². The van der Waals surface area contributed by atoms with E-state index in [1.165, 1.54) is 5.56 Å². The van der Waals surface area contributed by atoms with E-state index < -0.39 is 0 Å². The van der Waals surface area contributed by atoms with Gasteiger partial charge in [0.25, 0.3) is 0 Å². The van der Waals surface area contributed by atoms with E-state index in [-0.39, 0.29) is 11.5 Å². The third kappa shape index (κ3) is 3.62. The first-order valence-electron chi connectivity index (χ1n) is 8.99. The van der Waals surface area contributed by atoms with Gasteiger partial charge >= 0.3 is 0 Å². The largest absolute Gasteiger partial charge is 0.464 e. The molecular weight excluding hydrogens is 316 g/mol. The van der Waals surface area contributed by atoms with Gasteiger partial charge in [0.05, 0.1) is 24.9 Å². The summed E-state index contributed by atoms with van der Waals surface area (Å²) in [5.41, 5.74) is 2.16. The molecule has 1 aromatic carbocycles. The molecule has 0 bridgehead atoms. The highest BCUT2D eigenvalue weighted by atomic mass is 16.5. The van der Waals surface area contributed by atoms with Crippen molar-refractivity contribution in [3.8, 4) is 11.3 Å². The van der Waals surface area contributed by atoms with Crippen LogP contribution in [0.5, 0.6) is 0 Å². The molecule has 1 N–H and O–H groups in total. The third-order valence-electron chi connectivity index (χ3n) is 5.28. The lowest BCUT2D eigenvalue weighted by atomic mass is 9.87. The monoisotopic (exact) mass is 340 g/mol. The molecule has 0 radical (unpaired) electrons. The van der Waals surface area contributed by atoms with Crippen molar-refractivity contribution in [1.82, 2.24) is 10.2 Å². The number of piperidine rings is 1. The maximum Gasteiger partial charge on any atom is 0.222 e. The lowest BCUT2D eigenvalue weighted by molar-refractivity contribution is -0.128. The lowest BCUT2D eigenvalue weighted by Crippen LogP contribution is -2.46. The maximum atomic E-state index is 11.9. The Hall–Kier alpha value is -2.11. The van der Waals surface area contributed by atoms with Crippen molar-refractivity contribution in [1.29, 1.82) is 0 Å². The summed E-state index contributed by atoms with van der Waals surface area (Å²) in [6.07, 6.45) is 4.02. The fourth-order valence-electron chi connectivity index (χ4n) is 3.88. The minimum absolute atomic E-state index is 0.120. The van der Waals surface area contributed by atoms with Crippen molar-refractivity contribution in [2.45, 2.75) is 31.4 Å². The van der Waals surface area contributed by atoms with Crippen molar-refractivity contribution < 1.29 is 13.9 Å². The number of carbonyl (C=O) groups excluding carboxylic acids is 1. The van der Waals surface area contributed by atoms with Gasteiger partial charge in [0, 0.05) is 31.7 Å². The molecule has 5 nitrogen and oxygen atoms in total. The fraction of sp³-hybridized carbons (Fsp3) is 0.450. The molecule has 25 heavy (non-hydrogen) atoms. The Labute approximate surface area is 148 Å². The van der Waals surface area contributed by atoms with Gasteiger partial charge < -0.3 is 14.5 Å². The highest BCUT2D eigenvalue weighted by Gasteiger charge is 2.38. The van der Waals surface area contributed by atoms with Gasteiger partial charge in [-0.15, -0.1) is 0 Å². The van der Waals surface area contributed by atoms with Gasteiger partial charge in [0.1, 0.15) is 5.76 Å². The Balaban J connectivity index is 1.43. The molecule has 0 aliphatic carbocycles. The van der Waals surface area contributed by atoms with Crippen LogP contribution in [0.1, 0.15) is 24.8 Å². The second-order valence-electron chi connectivity index (χ2n) is 6.97. The van der Waals surface area contributed by atoms with E-state index in [1.54, 1.807) is 6.26 Å². The van der Waals surface area contributed by atoms with Crippen LogP contribution in [0.15, 0.2) is 47.1 Å². The fourth-order valence-corrected chi connectivity index (χ4v) is 3.88. The summed E-state index contributed by atoms with van der Waals surface area (Å²) in [7, 11) is 0. The number of hydrogen-bond donors (Lipinski definition) is 1. The minimum atomic E-state index is -0.266. The normalized spacial score (nSPS) is 21.0. The summed E-state index contributed by atoms with van der Waals surface area (Å²) in [6, 6.07) is 12.3. The van der Waals surface area contributed by atoms with E-state index in [2.05, 4.69) is 28.4 Å². The highest BCUT2D eigenvalue weighted by molar-refractivity contribution is 5.77. The second-order valence-corrected chi connectivity index (χ2v) is 6.97. The molecule has 0 saturated carbocycles. The first-order valence-corrected chi connectivity index (χ1v) is 8.99. The molecule has 132 valence electrons. The van der Waals surface area contributed by atoms with E-state index in [1.807, 2.05) is 18.2 Å². The second kappa shape index (κ2) is 7.02. The van der Waals surface area contributed by atoms with Crippen molar-refractivity contribution in [2.24, 2.45) is 0 Å². The Bertz CT molecular complexity index is 718. The average molecular weight is 340 g/mol. The van der Waals surface area contributed by atoms with Crippen molar-refractivity contribution in [2.75, 3.05) is 26.2 Å². The number of furan rings is 1. The molecule has 2 aromatic rings. The van der Waals surface area contributed by atoms with Crippen LogP contribution < -0.4 is 5.32 Å². The topological polar surface area (TPSA) is 54.7 Å². The van der Waals surface area contributed by atoms with Crippen LogP contribution in [0.25, 0.3) is 11.3 Å². The van der Waals surface area contributed by atoms with Gasteiger partial charge in [-0.25, -0.2) is 0 Å². The molecule has 2 fully saturated rings. The molecule has 5 heteroatoms. The van der Waals surface area contributed by atoms with Crippen LogP contribution in [0.4, 0.5) is 0 Å². The Morgan fingerprint density at radius 3 is 2.76 bits per heavy atom. The molecule has 1 aromatic heterocycles. The zero-order valence-electron chi connectivity index (χ0n) is 14.4. The Kier molecular flexibility index (Phi) is 4.59. The Morgan fingerprint density at radius 2 is 1.96 bits per heavy atom. The molecule has 2 saturated heterocycles. The predicted octanol–water partition coefficient (Wildman–Crippen LogP) is 2.82. The van der Waals surface area contributed by atoms with Crippen molar-refractivity contribution in [3.05, 3.63) is 48.2 Å². The summed E-state index contributed by atoms with van der Waals surface area (Å²) in [4.78, 5) is 14.3. The zero-order chi connectivity index (χ0) is 17.1. The van der Waals surface area contributed by atoms with Crippen LogP contribution >= 0.6 is 0 Å². The zero-order valence-corrected chi connectivity index (χ0v) is 14.4. The van der Waals surface area contributed by atoms with Crippen molar-refractivity contribution in [3.63, 3.8) is 0 Å². The predicted molar refractivity (Wildman–Crippen MR) is 95.0 cm³/mol. The molecule has 4 rings (SSSR count). The van der Waals surface area contributed by atoms with Crippen molar-refractivity contribution >= 4 is 5.91 Å². The van der Waals surface area contributed by atoms with Gasteiger partial charge in [0.2, 0.25) is 5.91 Å². The summed E-state index contributed by atoms with van der Waals surface area (Å²) in [5.74, 6) is 1.03. The average Bonchev–Trinajstić information content (AvgIpc) is 3.10. The number of amides is 1. The van der Waals surface area contributed by atoms with E-state index in [4.69, 9.17) is 9.15 Å². The number of likely N-dealkylation sites (tertiary alicyclic amines) is 1. The van der Waals surface area contributed by atoms with Crippen LogP contribution in [0, 0.1) is 0 Å². The van der Waals surface area contributed by atoms with Crippen LogP contribution in [0.3, 0.4) is 0 Å². The van der Waals surface area contributed by atoms with Crippen LogP contribution in [-0.4, -0.2) is 42.6 Å². The van der Waals surface area contributed by atoms with E-state index in [9.17, 15) is 4.79 Å². The van der Waals surface area contributed by atoms with Gasteiger partial charge in [0.15, 0.2) is 0 Å².